The molecule has 0 fully saturated rings. The van der Waals surface area contributed by atoms with Gasteiger partial charge in [-0.2, -0.15) is 0 Å². The van der Waals surface area contributed by atoms with Crippen LogP contribution in [0.25, 0.3) is 11.5 Å². The largest absolute Gasteiger partial charge is 0.421 e. The normalized spacial score (nSPS) is 12.1. The average Bonchev–Trinajstić information content (AvgIpc) is 3.02. The number of aryl methyl sites for hydroxylation is 1. The van der Waals surface area contributed by atoms with Gasteiger partial charge in [0.25, 0.3) is 0 Å². The number of nitrogens with zero attached hydrogens (tertiary/aromatic N) is 2. The molecule has 0 spiro atoms. The summed E-state index contributed by atoms with van der Waals surface area (Å²) in [6, 6.07) is 7.09. The first-order valence-electron chi connectivity index (χ1n) is 7.61. The van der Waals surface area contributed by atoms with E-state index in [0.717, 1.165) is 5.56 Å². The number of nitrogens with one attached hydrogen (secondary N) is 1. The second-order valence-electron chi connectivity index (χ2n) is 5.21. The van der Waals surface area contributed by atoms with Crippen molar-refractivity contribution in [2.24, 2.45) is 0 Å². The second kappa shape index (κ2) is 8.64. The third-order valence-electron chi connectivity index (χ3n) is 3.39. The predicted molar refractivity (Wildman–Crippen MR) is 87.0 cm³/mol. The fraction of sp³-hybridized carbons (Fsp3) is 0.438. The summed E-state index contributed by atoms with van der Waals surface area (Å²) in [5, 5.41) is 20.7. The molecule has 2 N–H and O–H groups in total. The number of aliphatic hydroxyl groups excluding tert-OH is 1. The molecule has 0 saturated carbocycles. The van der Waals surface area contributed by atoms with Crippen molar-refractivity contribution in [3.8, 4) is 11.5 Å². The Morgan fingerprint density at radius 2 is 2.09 bits per heavy atom. The van der Waals surface area contributed by atoms with Crippen LogP contribution in [-0.4, -0.2) is 33.9 Å². The first-order chi connectivity index (χ1) is 11.1. The first kappa shape index (κ1) is 17.4. The van der Waals surface area contributed by atoms with Crippen LogP contribution in [0.5, 0.6) is 0 Å². The summed E-state index contributed by atoms with van der Waals surface area (Å²) in [6.07, 6.45) is 1.52. The van der Waals surface area contributed by atoms with Gasteiger partial charge in [-0.3, -0.25) is 4.79 Å². The maximum absolute atomic E-state index is 11.7. The van der Waals surface area contributed by atoms with E-state index in [2.05, 4.69) is 15.5 Å². The van der Waals surface area contributed by atoms with Crippen molar-refractivity contribution in [1.82, 2.24) is 15.5 Å². The van der Waals surface area contributed by atoms with E-state index in [4.69, 9.17) is 16.0 Å². The standard InChI is InChI=1S/C16H20ClN3O3/c1-2-13(21)9-10-18-14(22)7-8-15-19-20-16(23-15)11-3-5-12(17)6-4-11/h3-6,13,21H,2,7-10H2,1H3,(H,18,22). The van der Waals surface area contributed by atoms with Gasteiger partial charge in [0.15, 0.2) is 0 Å². The molecule has 1 aromatic heterocycles. The SMILES string of the molecule is CCC(O)CCNC(=O)CCc1nnc(-c2ccc(Cl)cc2)o1. The number of aliphatic hydroxyl groups is 1. The number of halogens is 1. The summed E-state index contributed by atoms with van der Waals surface area (Å²) in [7, 11) is 0. The van der Waals surface area contributed by atoms with Gasteiger partial charge in [0.2, 0.25) is 17.7 Å². The van der Waals surface area contributed by atoms with E-state index >= 15 is 0 Å². The summed E-state index contributed by atoms with van der Waals surface area (Å²) < 4.78 is 5.53. The van der Waals surface area contributed by atoms with E-state index in [0.29, 0.717) is 42.6 Å². The predicted octanol–water partition coefficient (Wildman–Crippen LogP) is 2.60. The quantitative estimate of drug-likeness (QED) is 0.773. The van der Waals surface area contributed by atoms with Crippen molar-refractivity contribution in [2.75, 3.05) is 6.54 Å². The van der Waals surface area contributed by atoms with Gasteiger partial charge >= 0.3 is 0 Å². The number of aromatic nitrogens is 2. The van der Waals surface area contributed by atoms with Crippen molar-refractivity contribution >= 4 is 17.5 Å². The Bertz CT molecular complexity index is 628. The van der Waals surface area contributed by atoms with Crippen LogP contribution in [0.2, 0.25) is 5.02 Å². The van der Waals surface area contributed by atoms with Crippen LogP contribution in [-0.2, 0) is 11.2 Å². The molecule has 23 heavy (non-hydrogen) atoms. The molecule has 1 amide bonds. The van der Waals surface area contributed by atoms with Crippen molar-refractivity contribution in [3.05, 3.63) is 35.2 Å². The fourth-order valence-electron chi connectivity index (χ4n) is 1.95. The lowest BCUT2D eigenvalue weighted by Gasteiger charge is -2.08. The number of rotatable bonds is 8. The van der Waals surface area contributed by atoms with Gasteiger partial charge in [-0.05, 0) is 37.1 Å². The van der Waals surface area contributed by atoms with Crippen LogP contribution < -0.4 is 5.32 Å². The van der Waals surface area contributed by atoms with Gasteiger partial charge in [-0.1, -0.05) is 18.5 Å². The van der Waals surface area contributed by atoms with Crippen molar-refractivity contribution < 1.29 is 14.3 Å². The molecular weight excluding hydrogens is 318 g/mol. The van der Waals surface area contributed by atoms with E-state index in [1.165, 1.54) is 0 Å². The molecule has 1 aromatic carbocycles. The highest BCUT2D eigenvalue weighted by atomic mass is 35.5. The molecular formula is C16H20ClN3O3. The number of hydrogen-bond acceptors (Lipinski definition) is 5. The van der Waals surface area contributed by atoms with Crippen molar-refractivity contribution in [3.63, 3.8) is 0 Å². The molecule has 0 aliphatic heterocycles. The highest BCUT2D eigenvalue weighted by Crippen LogP contribution is 2.20. The van der Waals surface area contributed by atoms with E-state index in [1.807, 2.05) is 6.92 Å². The van der Waals surface area contributed by atoms with Crippen LogP contribution in [0.3, 0.4) is 0 Å². The zero-order chi connectivity index (χ0) is 16.7. The molecule has 0 radical (unpaired) electrons. The molecule has 2 aromatic rings. The number of benzene rings is 1. The lowest BCUT2D eigenvalue weighted by molar-refractivity contribution is -0.121. The van der Waals surface area contributed by atoms with Crippen LogP contribution in [0.15, 0.2) is 28.7 Å². The Kier molecular flexibility index (Phi) is 6.55. The zero-order valence-corrected chi connectivity index (χ0v) is 13.7. The Labute approximate surface area is 139 Å². The minimum absolute atomic E-state index is 0.0976. The highest BCUT2D eigenvalue weighted by Gasteiger charge is 2.10. The molecule has 6 nitrogen and oxygen atoms in total. The van der Waals surface area contributed by atoms with Crippen LogP contribution in [0.4, 0.5) is 0 Å². The van der Waals surface area contributed by atoms with E-state index in [1.54, 1.807) is 24.3 Å². The second-order valence-corrected chi connectivity index (χ2v) is 5.64. The Morgan fingerprint density at radius 1 is 1.35 bits per heavy atom. The lowest BCUT2D eigenvalue weighted by Crippen LogP contribution is -2.27. The van der Waals surface area contributed by atoms with Gasteiger partial charge in [0.1, 0.15) is 0 Å². The van der Waals surface area contributed by atoms with Crippen molar-refractivity contribution in [2.45, 2.75) is 38.7 Å². The molecule has 1 unspecified atom stereocenters. The molecule has 0 aliphatic carbocycles. The third kappa shape index (κ3) is 5.65. The average molecular weight is 338 g/mol. The monoisotopic (exact) mass is 337 g/mol. The summed E-state index contributed by atoms with van der Waals surface area (Å²) in [6.45, 7) is 2.37. The van der Waals surface area contributed by atoms with Crippen molar-refractivity contribution in [1.29, 1.82) is 0 Å². The molecule has 124 valence electrons. The van der Waals surface area contributed by atoms with E-state index < -0.39 is 0 Å². The molecule has 2 rings (SSSR count). The van der Waals surface area contributed by atoms with Gasteiger partial charge in [0, 0.05) is 30.0 Å². The van der Waals surface area contributed by atoms with Gasteiger partial charge in [-0.15, -0.1) is 10.2 Å². The Morgan fingerprint density at radius 3 is 2.78 bits per heavy atom. The highest BCUT2D eigenvalue weighted by molar-refractivity contribution is 6.30. The molecule has 1 atom stereocenters. The lowest BCUT2D eigenvalue weighted by atomic mass is 10.2. The number of carbonyl (C=O) groups excluding carboxylic acids is 1. The minimum atomic E-state index is -0.367. The van der Waals surface area contributed by atoms with Crippen LogP contribution in [0.1, 0.15) is 32.1 Å². The van der Waals surface area contributed by atoms with E-state index in [-0.39, 0.29) is 18.4 Å². The van der Waals surface area contributed by atoms with Gasteiger partial charge < -0.3 is 14.8 Å². The maximum atomic E-state index is 11.7. The minimum Gasteiger partial charge on any atom is -0.421 e. The Balaban J connectivity index is 1.78. The summed E-state index contributed by atoms with van der Waals surface area (Å²) in [5.74, 6) is 0.724. The van der Waals surface area contributed by atoms with Gasteiger partial charge in [-0.25, -0.2) is 0 Å². The molecule has 0 bridgehead atoms. The molecule has 0 saturated heterocycles. The fourth-order valence-corrected chi connectivity index (χ4v) is 2.08. The van der Waals surface area contributed by atoms with Crippen LogP contribution in [0, 0.1) is 0 Å². The smallest absolute Gasteiger partial charge is 0.247 e. The van der Waals surface area contributed by atoms with Crippen LogP contribution >= 0.6 is 11.6 Å². The van der Waals surface area contributed by atoms with Gasteiger partial charge in [0.05, 0.1) is 6.10 Å². The maximum Gasteiger partial charge on any atom is 0.247 e. The summed E-state index contributed by atoms with van der Waals surface area (Å²) in [5.41, 5.74) is 0.783. The van der Waals surface area contributed by atoms with E-state index in [9.17, 15) is 9.90 Å². The molecule has 0 aliphatic rings. The summed E-state index contributed by atoms with van der Waals surface area (Å²) >= 11 is 5.83. The molecule has 7 heteroatoms. The zero-order valence-electron chi connectivity index (χ0n) is 13.0. The summed E-state index contributed by atoms with van der Waals surface area (Å²) in [4.78, 5) is 11.7. The number of amides is 1. The third-order valence-corrected chi connectivity index (χ3v) is 3.65. The Hall–Kier alpha value is -1.92. The molecule has 1 heterocycles. The topological polar surface area (TPSA) is 88.2 Å². The number of carbonyl (C=O) groups is 1. The first-order valence-corrected chi connectivity index (χ1v) is 7.99. The number of hydrogen-bond donors (Lipinski definition) is 2.